The Morgan fingerprint density at radius 3 is 2.86 bits per heavy atom. The van der Waals surface area contributed by atoms with Crippen LogP contribution >= 0.6 is 0 Å². The van der Waals surface area contributed by atoms with Gasteiger partial charge < -0.3 is 14.9 Å². The zero-order valence-corrected chi connectivity index (χ0v) is 14.0. The van der Waals surface area contributed by atoms with Gasteiger partial charge in [-0.1, -0.05) is 25.5 Å². The van der Waals surface area contributed by atoms with Crippen LogP contribution in [0.2, 0.25) is 0 Å². The van der Waals surface area contributed by atoms with Crippen LogP contribution in [0.5, 0.6) is 0 Å². The first-order valence-corrected chi connectivity index (χ1v) is 8.30. The number of unbranched alkanes of at least 4 members (excludes halogenated alkanes) is 1. The number of fused-ring (bicyclic) bond motifs is 1. The van der Waals surface area contributed by atoms with Gasteiger partial charge in [-0.2, -0.15) is 0 Å². The van der Waals surface area contributed by atoms with Crippen molar-refractivity contribution in [1.29, 1.82) is 0 Å². The first kappa shape index (κ1) is 17.0. The maximum atomic E-state index is 11.6. The highest BCUT2D eigenvalue weighted by molar-refractivity contribution is 5.93. The van der Waals surface area contributed by atoms with Crippen molar-refractivity contribution < 1.29 is 9.90 Å². The first-order valence-electron chi connectivity index (χ1n) is 8.30. The highest BCUT2D eigenvalue weighted by Gasteiger charge is 2.23. The van der Waals surface area contributed by atoms with Gasteiger partial charge in [-0.05, 0) is 50.0 Å². The fourth-order valence-electron chi connectivity index (χ4n) is 3.01. The summed E-state index contributed by atoms with van der Waals surface area (Å²) in [6.07, 6.45) is 3.60. The number of rotatable bonds is 7. The number of anilines is 1. The summed E-state index contributed by atoms with van der Waals surface area (Å²) in [6.45, 7) is 6.53. The zero-order valence-electron chi connectivity index (χ0n) is 14.0. The number of hydrogen-bond donors (Lipinski definition) is 1. The second-order valence-electron chi connectivity index (χ2n) is 6.27. The molecule has 2 rings (SSSR count). The average Bonchev–Trinajstić information content (AvgIpc) is 2.93. The largest absolute Gasteiger partial charge is 0.388 e. The summed E-state index contributed by atoms with van der Waals surface area (Å²) in [7, 11) is 2.11. The van der Waals surface area contributed by atoms with Crippen LogP contribution in [0.3, 0.4) is 0 Å². The highest BCUT2D eigenvalue weighted by atomic mass is 16.3. The molecule has 1 aliphatic rings. The van der Waals surface area contributed by atoms with E-state index < -0.39 is 6.10 Å². The Morgan fingerprint density at radius 1 is 1.41 bits per heavy atom. The molecule has 0 bridgehead atoms. The summed E-state index contributed by atoms with van der Waals surface area (Å²) in [5, 5.41) is 10.4. The van der Waals surface area contributed by atoms with Gasteiger partial charge in [0.05, 0.1) is 6.10 Å². The van der Waals surface area contributed by atoms with E-state index in [1.54, 1.807) is 6.92 Å². The molecule has 122 valence electrons. The standard InChI is InChI=1S/C18H28N2O2/c1-4-5-10-19(3)11-9-18(22)16-6-7-17-15(13-16)8-12-20(17)14(2)21/h6-7,13,18,22H,4-5,8-12H2,1-3H3. The van der Waals surface area contributed by atoms with E-state index in [-0.39, 0.29) is 5.91 Å². The van der Waals surface area contributed by atoms with Crippen LogP contribution in [-0.4, -0.2) is 42.6 Å². The topological polar surface area (TPSA) is 43.8 Å². The van der Waals surface area contributed by atoms with E-state index in [0.717, 1.165) is 43.7 Å². The van der Waals surface area contributed by atoms with Crippen LogP contribution in [0.25, 0.3) is 0 Å². The van der Waals surface area contributed by atoms with E-state index in [1.807, 2.05) is 17.0 Å². The van der Waals surface area contributed by atoms with Crippen molar-refractivity contribution in [1.82, 2.24) is 4.90 Å². The number of aliphatic hydroxyl groups is 1. The van der Waals surface area contributed by atoms with Crippen molar-refractivity contribution >= 4 is 11.6 Å². The lowest BCUT2D eigenvalue weighted by atomic mass is 10.0. The van der Waals surface area contributed by atoms with Crippen LogP contribution in [-0.2, 0) is 11.2 Å². The van der Waals surface area contributed by atoms with Crippen molar-refractivity contribution in [2.75, 3.05) is 31.6 Å². The van der Waals surface area contributed by atoms with Gasteiger partial charge in [0.15, 0.2) is 0 Å². The number of nitrogens with zero attached hydrogens (tertiary/aromatic N) is 2. The lowest BCUT2D eigenvalue weighted by Crippen LogP contribution is -2.25. The molecule has 1 aliphatic heterocycles. The van der Waals surface area contributed by atoms with E-state index in [0.29, 0.717) is 0 Å². The van der Waals surface area contributed by atoms with Gasteiger partial charge in [-0.15, -0.1) is 0 Å². The molecule has 22 heavy (non-hydrogen) atoms. The van der Waals surface area contributed by atoms with Crippen LogP contribution in [0.15, 0.2) is 18.2 Å². The number of aliphatic hydroxyl groups excluding tert-OH is 1. The summed E-state index contributed by atoms with van der Waals surface area (Å²) in [5.74, 6) is 0.0876. The van der Waals surface area contributed by atoms with E-state index in [9.17, 15) is 9.90 Å². The van der Waals surface area contributed by atoms with E-state index in [4.69, 9.17) is 0 Å². The molecule has 0 fully saturated rings. The molecular weight excluding hydrogens is 276 g/mol. The molecule has 1 aromatic carbocycles. The Bertz CT molecular complexity index is 516. The first-order chi connectivity index (χ1) is 10.5. The number of carbonyl (C=O) groups excluding carboxylic acids is 1. The highest BCUT2D eigenvalue weighted by Crippen LogP contribution is 2.31. The maximum absolute atomic E-state index is 11.6. The molecule has 1 unspecified atom stereocenters. The maximum Gasteiger partial charge on any atom is 0.223 e. The van der Waals surface area contributed by atoms with Gasteiger partial charge in [-0.25, -0.2) is 0 Å². The van der Waals surface area contributed by atoms with E-state index in [2.05, 4.69) is 24.9 Å². The van der Waals surface area contributed by atoms with Crippen molar-refractivity contribution in [3.05, 3.63) is 29.3 Å². The summed E-state index contributed by atoms with van der Waals surface area (Å²) >= 11 is 0. The van der Waals surface area contributed by atoms with Gasteiger partial charge in [-0.3, -0.25) is 4.79 Å². The molecule has 0 radical (unpaired) electrons. The van der Waals surface area contributed by atoms with E-state index >= 15 is 0 Å². The minimum Gasteiger partial charge on any atom is -0.388 e. The van der Waals surface area contributed by atoms with Gasteiger partial charge in [0.2, 0.25) is 5.91 Å². The van der Waals surface area contributed by atoms with Gasteiger partial charge in [0.25, 0.3) is 0 Å². The minimum atomic E-state index is -0.430. The molecule has 1 heterocycles. The molecule has 1 atom stereocenters. The third-order valence-electron chi connectivity index (χ3n) is 4.44. The Hall–Kier alpha value is -1.39. The molecule has 0 spiro atoms. The van der Waals surface area contributed by atoms with Crippen molar-refractivity contribution in [3.63, 3.8) is 0 Å². The summed E-state index contributed by atoms with van der Waals surface area (Å²) in [6, 6.07) is 5.99. The SMILES string of the molecule is CCCCN(C)CCC(O)c1ccc2c(c1)CCN2C(C)=O. The summed E-state index contributed by atoms with van der Waals surface area (Å²) < 4.78 is 0. The number of hydrogen-bond acceptors (Lipinski definition) is 3. The second-order valence-corrected chi connectivity index (χ2v) is 6.27. The predicted octanol–water partition coefficient (Wildman–Crippen LogP) is 2.75. The lowest BCUT2D eigenvalue weighted by Gasteiger charge is -2.19. The molecule has 1 N–H and O–H groups in total. The third kappa shape index (κ3) is 4.08. The lowest BCUT2D eigenvalue weighted by molar-refractivity contribution is -0.116. The smallest absolute Gasteiger partial charge is 0.223 e. The molecule has 0 saturated heterocycles. The quantitative estimate of drug-likeness (QED) is 0.842. The minimum absolute atomic E-state index is 0.0876. The molecular formula is C18H28N2O2. The van der Waals surface area contributed by atoms with Gasteiger partial charge in [0, 0.05) is 25.7 Å². The van der Waals surface area contributed by atoms with Crippen molar-refractivity contribution in [2.45, 2.75) is 45.6 Å². The summed E-state index contributed by atoms with van der Waals surface area (Å²) in [5.41, 5.74) is 3.14. The average molecular weight is 304 g/mol. The number of carbonyl (C=O) groups is 1. The van der Waals surface area contributed by atoms with Crippen LogP contribution in [0.4, 0.5) is 5.69 Å². The molecule has 0 aliphatic carbocycles. The summed E-state index contributed by atoms with van der Waals surface area (Å²) in [4.78, 5) is 15.6. The van der Waals surface area contributed by atoms with Crippen molar-refractivity contribution in [3.8, 4) is 0 Å². The fourth-order valence-corrected chi connectivity index (χ4v) is 3.01. The molecule has 1 amide bonds. The third-order valence-corrected chi connectivity index (χ3v) is 4.44. The molecule has 4 nitrogen and oxygen atoms in total. The monoisotopic (exact) mass is 304 g/mol. The Balaban J connectivity index is 1.94. The Kier molecular flexibility index (Phi) is 5.98. The van der Waals surface area contributed by atoms with E-state index in [1.165, 1.54) is 18.4 Å². The van der Waals surface area contributed by atoms with Gasteiger partial charge >= 0.3 is 0 Å². The van der Waals surface area contributed by atoms with Crippen LogP contribution in [0.1, 0.15) is 50.3 Å². The van der Waals surface area contributed by atoms with Crippen LogP contribution < -0.4 is 4.90 Å². The number of benzene rings is 1. The van der Waals surface area contributed by atoms with Crippen molar-refractivity contribution in [2.24, 2.45) is 0 Å². The molecule has 1 aromatic rings. The normalized spacial score (nSPS) is 15.2. The number of amides is 1. The Morgan fingerprint density at radius 2 is 2.18 bits per heavy atom. The van der Waals surface area contributed by atoms with Crippen LogP contribution in [0, 0.1) is 0 Å². The Labute approximate surface area is 133 Å². The predicted molar refractivity (Wildman–Crippen MR) is 90.2 cm³/mol. The second kappa shape index (κ2) is 7.75. The molecule has 0 saturated carbocycles. The zero-order chi connectivity index (χ0) is 16.1. The van der Waals surface area contributed by atoms with Gasteiger partial charge in [0.1, 0.15) is 0 Å². The fraction of sp³-hybridized carbons (Fsp3) is 0.611. The molecule has 0 aromatic heterocycles. The molecule has 4 heteroatoms.